The third-order valence-corrected chi connectivity index (χ3v) is 3.51. The van der Waals surface area contributed by atoms with E-state index >= 15 is 0 Å². The molecule has 5 heteroatoms. The van der Waals surface area contributed by atoms with E-state index in [4.69, 9.17) is 0 Å². The van der Waals surface area contributed by atoms with Crippen LogP contribution in [0.25, 0.3) is 0 Å². The lowest BCUT2D eigenvalue weighted by atomic mass is 10.1. The van der Waals surface area contributed by atoms with Gasteiger partial charge in [-0.1, -0.05) is 12.1 Å². The maximum atomic E-state index is 12.2. The van der Waals surface area contributed by atoms with Crippen LogP contribution in [0.5, 0.6) is 0 Å². The average Bonchev–Trinajstić information content (AvgIpc) is 2.52. The lowest BCUT2D eigenvalue weighted by molar-refractivity contribution is -0.116. The Labute approximate surface area is 130 Å². The summed E-state index contributed by atoms with van der Waals surface area (Å²) in [4.78, 5) is 29.5. The number of benzene rings is 1. The lowest BCUT2D eigenvalue weighted by Gasteiger charge is -2.17. The number of nitrogens with zero attached hydrogens (tertiary/aromatic N) is 2. The van der Waals surface area contributed by atoms with Gasteiger partial charge in [-0.15, -0.1) is 0 Å². The van der Waals surface area contributed by atoms with Crippen molar-refractivity contribution in [3.63, 3.8) is 0 Å². The van der Waals surface area contributed by atoms with Crippen molar-refractivity contribution >= 4 is 17.5 Å². The van der Waals surface area contributed by atoms with Crippen LogP contribution in [0.2, 0.25) is 0 Å². The van der Waals surface area contributed by atoms with Crippen LogP contribution in [0, 0.1) is 13.8 Å². The normalized spacial score (nSPS) is 10.1. The first-order chi connectivity index (χ1) is 10.5. The number of amides is 2. The smallest absolute Gasteiger partial charge is 0.255 e. The molecule has 2 rings (SSSR count). The maximum Gasteiger partial charge on any atom is 0.255 e. The number of pyridine rings is 1. The van der Waals surface area contributed by atoms with Crippen LogP contribution < -0.4 is 5.32 Å². The minimum Gasteiger partial charge on any atom is -0.332 e. The van der Waals surface area contributed by atoms with E-state index in [1.165, 1.54) is 11.1 Å². The van der Waals surface area contributed by atoms with Gasteiger partial charge < -0.3 is 10.2 Å². The Balaban J connectivity index is 2.00. The van der Waals surface area contributed by atoms with Crippen molar-refractivity contribution in [1.82, 2.24) is 9.88 Å². The second-order valence-corrected chi connectivity index (χ2v) is 5.20. The first-order valence-electron chi connectivity index (χ1n) is 7.00. The van der Waals surface area contributed by atoms with E-state index in [-0.39, 0.29) is 18.4 Å². The van der Waals surface area contributed by atoms with Gasteiger partial charge in [-0.25, -0.2) is 0 Å². The first-order valence-corrected chi connectivity index (χ1v) is 7.00. The third-order valence-electron chi connectivity index (χ3n) is 3.51. The molecule has 1 heterocycles. The van der Waals surface area contributed by atoms with E-state index in [2.05, 4.69) is 10.3 Å². The van der Waals surface area contributed by atoms with Crippen LogP contribution in [0.1, 0.15) is 21.5 Å². The molecule has 5 nitrogen and oxygen atoms in total. The highest BCUT2D eigenvalue weighted by Gasteiger charge is 2.15. The minimum absolute atomic E-state index is 0.0128. The number of anilines is 1. The van der Waals surface area contributed by atoms with E-state index in [9.17, 15) is 9.59 Å². The van der Waals surface area contributed by atoms with Gasteiger partial charge in [0.25, 0.3) is 5.91 Å². The highest BCUT2D eigenvalue weighted by molar-refractivity contribution is 5.99. The molecule has 2 amide bonds. The molecular weight excluding hydrogens is 278 g/mol. The number of carbonyl (C=O) groups is 2. The predicted molar refractivity (Wildman–Crippen MR) is 85.7 cm³/mol. The van der Waals surface area contributed by atoms with E-state index in [1.807, 2.05) is 32.0 Å². The molecule has 0 aliphatic heterocycles. The van der Waals surface area contributed by atoms with Gasteiger partial charge in [-0.3, -0.25) is 14.6 Å². The monoisotopic (exact) mass is 297 g/mol. The average molecular weight is 297 g/mol. The Bertz CT molecular complexity index is 684. The molecule has 0 radical (unpaired) electrons. The van der Waals surface area contributed by atoms with Gasteiger partial charge in [0.15, 0.2) is 0 Å². The highest BCUT2D eigenvalue weighted by Crippen LogP contribution is 2.17. The van der Waals surface area contributed by atoms with Crippen molar-refractivity contribution in [3.8, 4) is 0 Å². The van der Waals surface area contributed by atoms with Crippen LogP contribution in [0.3, 0.4) is 0 Å². The molecule has 22 heavy (non-hydrogen) atoms. The second kappa shape index (κ2) is 6.85. The molecule has 0 bridgehead atoms. The zero-order chi connectivity index (χ0) is 16.1. The van der Waals surface area contributed by atoms with E-state index in [0.29, 0.717) is 5.56 Å². The summed E-state index contributed by atoms with van der Waals surface area (Å²) in [6.07, 6.45) is 3.09. The summed E-state index contributed by atoms with van der Waals surface area (Å²) in [5, 5.41) is 2.84. The summed E-state index contributed by atoms with van der Waals surface area (Å²) in [5.74, 6) is -0.461. The Morgan fingerprint density at radius 2 is 1.95 bits per heavy atom. The van der Waals surface area contributed by atoms with Crippen molar-refractivity contribution in [2.45, 2.75) is 13.8 Å². The van der Waals surface area contributed by atoms with Crippen LogP contribution in [-0.4, -0.2) is 35.3 Å². The highest BCUT2D eigenvalue weighted by atomic mass is 16.2. The van der Waals surface area contributed by atoms with Gasteiger partial charge in [0, 0.05) is 25.1 Å². The Hall–Kier alpha value is -2.69. The van der Waals surface area contributed by atoms with Crippen molar-refractivity contribution in [1.29, 1.82) is 0 Å². The SMILES string of the molecule is Cc1cccc(NC(=O)CN(C)C(=O)c2cccnc2)c1C. The van der Waals surface area contributed by atoms with E-state index < -0.39 is 0 Å². The lowest BCUT2D eigenvalue weighted by Crippen LogP contribution is -2.35. The number of carbonyl (C=O) groups excluding carboxylic acids is 2. The van der Waals surface area contributed by atoms with Crippen LogP contribution in [0.4, 0.5) is 5.69 Å². The number of hydrogen-bond donors (Lipinski definition) is 1. The van der Waals surface area contributed by atoms with Crippen LogP contribution in [0.15, 0.2) is 42.7 Å². The van der Waals surface area contributed by atoms with Gasteiger partial charge in [0.2, 0.25) is 5.91 Å². The number of aryl methyl sites for hydroxylation is 1. The largest absolute Gasteiger partial charge is 0.332 e. The Kier molecular flexibility index (Phi) is 4.88. The molecule has 0 unspecified atom stereocenters. The molecule has 0 spiro atoms. The van der Waals surface area contributed by atoms with Gasteiger partial charge in [0.05, 0.1) is 12.1 Å². The quantitative estimate of drug-likeness (QED) is 0.942. The van der Waals surface area contributed by atoms with E-state index in [1.54, 1.807) is 25.4 Å². The maximum absolute atomic E-state index is 12.2. The molecule has 1 N–H and O–H groups in total. The van der Waals surface area contributed by atoms with Crippen molar-refractivity contribution < 1.29 is 9.59 Å². The first kappa shape index (κ1) is 15.7. The minimum atomic E-state index is -0.232. The second-order valence-electron chi connectivity index (χ2n) is 5.20. The fourth-order valence-corrected chi connectivity index (χ4v) is 2.07. The number of nitrogens with one attached hydrogen (secondary N) is 1. The van der Waals surface area contributed by atoms with Crippen molar-refractivity contribution in [2.75, 3.05) is 18.9 Å². The molecule has 114 valence electrons. The molecule has 0 fully saturated rings. The molecular formula is C17H19N3O2. The molecule has 1 aromatic heterocycles. The Morgan fingerprint density at radius 1 is 1.18 bits per heavy atom. The number of hydrogen-bond acceptors (Lipinski definition) is 3. The van der Waals surface area contributed by atoms with Gasteiger partial charge in [-0.2, -0.15) is 0 Å². The summed E-state index contributed by atoms with van der Waals surface area (Å²) in [5.41, 5.74) is 3.37. The topological polar surface area (TPSA) is 62.3 Å². The summed E-state index contributed by atoms with van der Waals surface area (Å²) in [6.45, 7) is 3.93. The molecule has 0 aliphatic rings. The summed E-state index contributed by atoms with van der Waals surface area (Å²) in [6, 6.07) is 9.10. The summed E-state index contributed by atoms with van der Waals surface area (Å²) >= 11 is 0. The Morgan fingerprint density at radius 3 is 2.64 bits per heavy atom. The third kappa shape index (κ3) is 3.69. The molecule has 2 aromatic rings. The molecule has 0 atom stereocenters. The fourth-order valence-electron chi connectivity index (χ4n) is 2.07. The summed E-state index contributed by atoms with van der Waals surface area (Å²) < 4.78 is 0. The fraction of sp³-hybridized carbons (Fsp3) is 0.235. The summed E-state index contributed by atoms with van der Waals surface area (Å²) in [7, 11) is 1.60. The standard InChI is InChI=1S/C17H19N3O2/c1-12-6-4-8-15(13(12)2)19-16(21)11-20(3)17(22)14-7-5-9-18-10-14/h4-10H,11H2,1-3H3,(H,19,21). The zero-order valence-corrected chi connectivity index (χ0v) is 13.0. The molecule has 0 aliphatic carbocycles. The van der Waals surface area contributed by atoms with Gasteiger partial charge in [0.1, 0.15) is 0 Å². The number of rotatable bonds is 4. The van der Waals surface area contributed by atoms with Crippen molar-refractivity contribution in [3.05, 3.63) is 59.4 Å². The van der Waals surface area contributed by atoms with Crippen LogP contribution >= 0.6 is 0 Å². The van der Waals surface area contributed by atoms with Crippen LogP contribution in [-0.2, 0) is 4.79 Å². The van der Waals surface area contributed by atoms with Crippen molar-refractivity contribution in [2.24, 2.45) is 0 Å². The number of aromatic nitrogens is 1. The number of likely N-dealkylation sites (N-methyl/N-ethyl adjacent to an activating group) is 1. The zero-order valence-electron chi connectivity index (χ0n) is 13.0. The molecule has 1 aromatic carbocycles. The van der Waals surface area contributed by atoms with E-state index in [0.717, 1.165) is 16.8 Å². The predicted octanol–water partition coefficient (Wildman–Crippen LogP) is 2.41. The van der Waals surface area contributed by atoms with Gasteiger partial charge in [-0.05, 0) is 43.2 Å². The van der Waals surface area contributed by atoms with Gasteiger partial charge >= 0.3 is 0 Å². The molecule has 0 saturated heterocycles. The molecule has 0 saturated carbocycles.